The fourth-order valence-electron chi connectivity index (χ4n) is 4.55. The highest BCUT2D eigenvalue weighted by Gasteiger charge is 2.31. The molecule has 4 aromatic rings. The van der Waals surface area contributed by atoms with Gasteiger partial charge in [0.25, 0.3) is 0 Å². The molecule has 1 saturated heterocycles. The van der Waals surface area contributed by atoms with Crippen molar-refractivity contribution in [2.75, 3.05) is 31.1 Å². The number of H-pyrrole nitrogens is 1. The molecule has 2 heterocycles. The van der Waals surface area contributed by atoms with Gasteiger partial charge < -0.3 is 4.90 Å². The Morgan fingerprint density at radius 1 is 0.848 bits per heavy atom. The predicted octanol–water partition coefficient (Wildman–Crippen LogP) is 4.12. The van der Waals surface area contributed by atoms with Gasteiger partial charge in [0, 0.05) is 38.8 Å². The second kappa shape index (κ2) is 8.96. The Morgan fingerprint density at radius 3 is 2.21 bits per heavy atom. The van der Waals surface area contributed by atoms with Crippen LogP contribution in [0, 0.1) is 6.92 Å². The van der Waals surface area contributed by atoms with Crippen molar-refractivity contribution < 1.29 is 13.4 Å². The number of aryl methyl sites for hydroxylation is 1. The SMILES string of the molecule is Cc1ccc2[nH+]cc(S(=O)(=O)c3ccccc3)c(N3CCN(Cc4ccccc4)CC3)c2c1. The summed E-state index contributed by atoms with van der Waals surface area (Å²) in [6.45, 7) is 6.26. The molecule has 0 radical (unpaired) electrons. The summed E-state index contributed by atoms with van der Waals surface area (Å²) in [6, 6.07) is 25.3. The highest BCUT2D eigenvalue weighted by molar-refractivity contribution is 7.91. The molecule has 1 N–H and O–H groups in total. The van der Waals surface area contributed by atoms with E-state index in [0.29, 0.717) is 9.79 Å². The van der Waals surface area contributed by atoms with Crippen molar-refractivity contribution in [1.82, 2.24) is 4.90 Å². The zero-order chi connectivity index (χ0) is 22.8. The van der Waals surface area contributed by atoms with Crippen molar-refractivity contribution in [3.8, 4) is 0 Å². The van der Waals surface area contributed by atoms with Crippen molar-refractivity contribution in [3.05, 3.63) is 96.2 Å². The van der Waals surface area contributed by atoms with Gasteiger partial charge in [-0.1, -0.05) is 54.6 Å². The molecule has 168 valence electrons. The normalized spacial score (nSPS) is 15.1. The Morgan fingerprint density at radius 2 is 1.52 bits per heavy atom. The lowest BCUT2D eigenvalue weighted by atomic mass is 10.1. The molecule has 6 heteroatoms. The number of hydrogen-bond donors (Lipinski definition) is 0. The molecule has 1 aliphatic heterocycles. The standard InChI is InChI=1S/C27H27N3O2S/c1-21-12-13-25-24(18-21)27(26(19-28-25)33(31,32)23-10-6-3-7-11-23)30-16-14-29(15-17-30)20-22-8-4-2-5-9-22/h2-13,18-19H,14-17,20H2,1H3/p+1. The molecule has 0 bridgehead atoms. The van der Waals surface area contributed by atoms with Gasteiger partial charge in [0.05, 0.1) is 16.0 Å². The maximum absolute atomic E-state index is 13.7. The first-order chi connectivity index (χ1) is 16.0. The lowest BCUT2D eigenvalue weighted by Gasteiger charge is -2.37. The smallest absolute Gasteiger partial charge is 0.214 e. The van der Waals surface area contributed by atoms with Gasteiger partial charge in [0.1, 0.15) is 0 Å². The number of fused-ring (bicyclic) bond motifs is 1. The average molecular weight is 459 g/mol. The Bertz CT molecular complexity index is 1360. The van der Waals surface area contributed by atoms with E-state index in [9.17, 15) is 8.42 Å². The van der Waals surface area contributed by atoms with Crippen LogP contribution in [0.15, 0.2) is 94.9 Å². The molecule has 5 rings (SSSR count). The fourth-order valence-corrected chi connectivity index (χ4v) is 6.03. The molecule has 0 saturated carbocycles. The quantitative estimate of drug-likeness (QED) is 0.452. The summed E-state index contributed by atoms with van der Waals surface area (Å²) in [5, 5.41) is 0.948. The summed E-state index contributed by atoms with van der Waals surface area (Å²) < 4.78 is 27.3. The fraction of sp³-hybridized carbons (Fsp3) is 0.222. The number of pyridine rings is 1. The van der Waals surface area contributed by atoms with Gasteiger partial charge in [-0.15, -0.1) is 0 Å². The number of nitrogens with one attached hydrogen (secondary N) is 1. The van der Waals surface area contributed by atoms with Crippen LogP contribution in [0.3, 0.4) is 0 Å². The second-order valence-electron chi connectivity index (χ2n) is 8.62. The minimum atomic E-state index is -3.67. The molecule has 0 aliphatic carbocycles. The van der Waals surface area contributed by atoms with Crippen LogP contribution in [0.5, 0.6) is 0 Å². The maximum atomic E-state index is 13.7. The van der Waals surface area contributed by atoms with Crippen LogP contribution in [0.25, 0.3) is 10.9 Å². The topological polar surface area (TPSA) is 54.8 Å². The van der Waals surface area contributed by atoms with Crippen LogP contribution >= 0.6 is 0 Å². The first-order valence-corrected chi connectivity index (χ1v) is 12.8. The van der Waals surface area contributed by atoms with E-state index >= 15 is 0 Å². The molecule has 1 aliphatic rings. The van der Waals surface area contributed by atoms with Crippen molar-refractivity contribution in [2.45, 2.75) is 23.3 Å². The molecule has 5 nitrogen and oxygen atoms in total. The van der Waals surface area contributed by atoms with Crippen molar-refractivity contribution >= 4 is 26.4 Å². The summed E-state index contributed by atoms with van der Waals surface area (Å²) in [5.41, 5.74) is 4.15. The zero-order valence-electron chi connectivity index (χ0n) is 18.7. The highest BCUT2D eigenvalue weighted by Crippen LogP contribution is 2.35. The molecule has 1 fully saturated rings. The third kappa shape index (κ3) is 4.36. The molecule has 0 spiro atoms. The minimum absolute atomic E-state index is 0.314. The lowest BCUT2D eigenvalue weighted by molar-refractivity contribution is -0.347. The van der Waals surface area contributed by atoms with E-state index in [1.54, 1.807) is 30.5 Å². The third-order valence-electron chi connectivity index (χ3n) is 6.30. The average Bonchev–Trinajstić information content (AvgIpc) is 2.85. The molecule has 33 heavy (non-hydrogen) atoms. The monoisotopic (exact) mass is 458 g/mol. The van der Waals surface area contributed by atoms with E-state index in [4.69, 9.17) is 0 Å². The van der Waals surface area contributed by atoms with E-state index in [1.165, 1.54) is 5.56 Å². The van der Waals surface area contributed by atoms with Gasteiger partial charge in [0.2, 0.25) is 15.4 Å². The van der Waals surface area contributed by atoms with Crippen molar-refractivity contribution in [1.29, 1.82) is 0 Å². The van der Waals surface area contributed by atoms with Gasteiger partial charge in [-0.05, 0) is 36.2 Å². The van der Waals surface area contributed by atoms with Crippen LogP contribution in [-0.2, 0) is 16.4 Å². The van der Waals surface area contributed by atoms with Crippen LogP contribution in [-0.4, -0.2) is 39.5 Å². The number of sulfone groups is 1. The Labute approximate surface area is 195 Å². The molecule has 0 unspecified atom stereocenters. The molecular weight excluding hydrogens is 430 g/mol. The van der Waals surface area contributed by atoms with Crippen molar-refractivity contribution in [3.63, 3.8) is 0 Å². The minimum Gasteiger partial charge on any atom is -0.367 e. The van der Waals surface area contributed by atoms with Gasteiger partial charge in [-0.3, -0.25) is 4.90 Å². The lowest BCUT2D eigenvalue weighted by Crippen LogP contribution is -2.46. The molecule has 3 aromatic carbocycles. The summed E-state index contributed by atoms with van der Waals surface area (Å²) in [7, 11) is -3.67. The number of aromatic nitrogens is 1. The van der Waals surface area contributed by atoms with E-state index in [1.807, 2.05) is 31.2 Å². The first kappa shape index (κ1) is 21.6. The van der Waals surface area contributed by atoms with E-state index in [0.717, 1.165) is 54.9 Å². The van der Waals surface area contributed by atoms with Gasteiger partial charge in [-0.2, -0.15) is 0 Å². The van der Waals surface area contributed by atoms with Gasteiger partial charge in [0.15, 0.2) is 11.1 Å². The maximum Gasteiger partial charge on any atom is 0.214 e. The number of rotatable bonds is 5. The largest absolute Gasteiger partial charge is 0.367 e. The van der Waals surface area contributed by atoms with E-state index in [2.05, 4.69) is 45.1 Å². The molecule has 0 amide bonds. The van der Waals surface area contributed by atoms with Crippen LogP contribution < -0.4 is 9.88 Å². The number of benzene rings is 3. The van der Waals surface area contributed by atoms with Crippen LogP contribution in [0.4, 0.5) is 5.69 Å². The highest BCUT2D eigenvalue weighted by atomic mass is 32.2. The number of piperazine rings is 1. The number of nitrogens with zero attached hydrogens (tertiary/aromatic N) is 2. The summed E-state index contributed by atoms with van der Waals surface area (Å²) in [6.07, 6.45) is 1.66. The zero-order valence-corrected chi connectivity index (χ0v) is 19.6. The molecule has 0 atom stereocenters. The number of hydrogen-bond acceptors (Lipinski definition) is 4. The molecule has 1 aromatic heterocycles. The summed E-state index contributed by atoms with van der Waals surface area (Å²) in [5.74, 6) is 0. The van der Waals surface area contributed by atoms with Crippen molar-refractivity contribution in [2.24, 2.45) is 0 Å². The number of anilines is 1. The third-order valence-corrected chi connectivity index (χ3v) is 8.09. The Hall–Kier alpha value is -3.22. The Kier molecular flexibility index (Phi) is 5.87. The van der Waals surface area contributed by atoms with E-state index < -0.39 is 9.84 Å². The second-order valence-corrected chi connectivity index (χ2v) is 10.5. The molecular formula is C27H28N3O2S+. The summed E-state index contributed by atoms with van der Waals surface area (Å²) in [4.78, 5) is 8.55. The summed E-state index contributed by atoms with van der Waals surface area (Å²) >= 11 is 0. The van der Waals surface area contributed by atoms with E-state index in [-0.39, 0.29) is 0 Å². The predicted molar refractivity (Wildman–Crippen MR) is 131 cm³/mol. The first-order valence-electron chi connectivity index (χ1n) is 11.3. The van der Waals surface area contributed by atoms with Gasteiger partial charge in [-0.25, -0.2) is 13.4 Å². The number of aromatic amines is 1. The van der Waals surface area contributed by atoms with Gasteiger partial charge >= 0.3 is 0 Å². The van der Waals surface area contributed by atoms with Crippen LogP contribution in [0.2, 0.25) is 0 Å². The Balaban J connectivity index is 1.53. The van der Waals surface area contributed by atoms with Crippen LogP contribution in [0.1, 0.15) is 11.1 Å².